The van der Waals surface area contributed by atoms with E-state index >= 15 is 0 Å². The molecule has 2 rings (SSSR count). The molecule has 0 spiro atoms. The highest BCUT2D eigenvalue weighted by Gasteiger charge is 2.20. The third kappa shape index (κ3) is 2.72. The van der Waals surface area contributed by atoms with Crippen LogP contribution in [0.1, 0.15) is 28.2 Å². The first-order chi connectivity index (χ1) is 8.08. The van der Waals surface area contributed by atoms with Gasteiger partial charge in [0.05, 0.1) is 11.4 Å². The Balaban J connectivity index is 2.32. The molecule has 4 nitrogen and oxygen atoms in total. The predicted octanol–water partition coefficient (Wildman–Crippen LogP) is 2.31. The molecular weight excluding hydrogens is 236 g/mol. The number of aryl methyl sites for hydroxylation is 2. The standard InChI is InChI=1S/C12H16N2O2S/c1-7-5-10(14-9-3-4-17-6-9)11(12(15)16)8(2)13-7/h5,9H,3-4,6H2,1-2H3,(H,13,14)(H,15,16). The van der Waals surface area contributed by atoms with E-state index in [0.29, 0.717) is 23.0 Å². The first-order valence-corrected chi connectivity index (χ1v) is 6.79. The normalized spacial score (nSPS) is 19.3. The molecule has 1 saturated heterocycles. The second-order valence-electron chi connectivity index (χ2n) is 4.28. The van der Waals surface area contributed by atoms with Crippen LogP contribution in [0.25, 0.3) is 0 Å². The van der Waals surface area contributed by atoms with E-state index in [4.69, 9.17) is 0 Å². The van der Waals surface area contributed by atoms with Crippen LogP contribution in [0.5, 0.6) is 0 Å². The summed E-state index contributed by atoms with van der Waals surface area (Å²) in [4.78, 5) is 15.4. The lowest BCUT2D eigenvalue weighted by atomic mass is 10.1. The Morgan fingerprint density at radius 3 is 2.94 bits per heavy atom. The Hall–Kier alpha value is -1.23. The molecule has 0 radical (unpaired) electrons. The van der Waals surface area contributed by atoms with Gasteiger partial charge in [-0.2, -0.15) is 11.8 Å². The van der Waals surface area contributed by atoms with Crippen molar-refractivity contribution >= 4 is 23.4 Å². The van der Waals surface area contributed by atoms with E-state index in [1.807, 2.05) is 24.8 Å². The van der Waals surface area contributed by atoms with Crippen molar-refractivity contribution < 1.29 is 9.90 Å². The number of aromatic nitrogens is 1. The van der Waals surface area contributed by atoms with Crippen molar-refractivity contribution in [3.05, 3.63) is 23.0 Å². The average molecular weight is 252 g/mol. The molecule has 1 aliphatic heterocycles. The molecule has 1 unspecified atom stereocenters. The number of carboxylic acids is 1. The molecule has 2 heterocycles. The van der Waals surface area contributed by atoms with E-state index in [-0.39, 0.29) is 0 Å². The van der Waals surface area contributed by atoms with Crippen LogP contribution in [0.3, 0.4) is 0 Å². The van der Waals surface area contributed by atoms with Crippen LogP contribution < -0.4 is 5.32 Å². The van der Waals surface area contributed by atoms with Crippen LogP contribution in [0.4, 0.5) is 5.69 Å². The van der Waals surface area contributed by atoms with Crippen molar-refractivity contribution in [2.75, 3.05) is 16.8 Å². The Bertz CT molecular complexity index is 442. The van der Waals surface area contributed by atoms with Gasteiger partial charge in [-0.25, -0.2) is 4.79 Å². The second kappa shape index (κ2) is 4.96. The van der Waals surface area contributed by atoms with E-state index in [1.54, 1.807) is 6.92 Å². The largest absolute Gasteiger partial charge is 0.478 e. The molecule has 0 aliphatic carbocycles. The molecule has 0 saturated carbocycles. The monoisotopic (exact) mass is 252 g/mol. The lowest BCUT2D eigenvalue weighted by Crippen LogP contribution is -2.21. The summed E-state index contributed by atoms with van der Waals surface area (Å²) in [6.45, 7) is 3.62. The van der Waals surface area contributed by atoms with Gasteiger partial charge in [-0.05, 0) is 32.1 Å². The van der Waals surface area contributed by atoms with E-state index < -0.39 is 5.97 Å². The van der Waals surface area contributed by atoms with Crippen LogP contribution in [-0.2, 0) is 0 Å². The fourth-order valence-electron chi connectivity index (χ4n) is 2.08. The Morgan fingerprint density at radius 2 is 2.35 bits per heavy atom. The lowest BCUT2D eigenvalue weighted by Gasteiger charge is -2.16. The maximum Gasteiger partial charge on any atom is 0.339 e. The Morgan fingerprint density at radius 1 is 1.59 bits per heavy atom. The highest BCUT2D eigenvalue weighted by molar-refractivity contribution is 7.99. The number of pyridine rings is 1. The Labute approximate surface area is 105 Å². The maximum absolute atomic E-state index is 11.2. The summed E-state index contributed by atoms with van der Waals surface area (Å²) in [7, 11) is 0. The van der Waals surface area contributed by atoms with Gasteiger partial charge in [0.15, 0.2) is 0 Å². The quantitative estimate of drug-likeness (QED) is 0.864. The number of carboxylic acid groups (broad SMARTS) is 1. The zero-order chi connectivity index (χ0) is 12.4. The van der Waals surface area contributed by atoms with Crippen molar-refractivity contribution in [2.45, 2.75) is 26.3 Å². The molecule has 1 aliphatic rings. The summed E-state index contributed by atoms with van der Waals surface area (Å²) < 4.78 is 0. The van der Waals surface area contributed by atoms with Crippen LogP contribution in [-0.4, -0.2) is 33.6 Å². The van der Waals surface area contributed by atoms with Crippen LogP contribution >= 0.6 is 11.8 Å². The number of aromatic carboxylic acids is 1. The fourth-order valence-corrected chi connectivity index (χ4v) is 3.23. The summed E-state index contributed by atoms with van der Waals surface area (Å²) in [6.07, 6.45) is 1.09. The van der Waals surface area contributed by atoms with E-state index in [9.17, 15) is 9.90 Å². The molecule has 5 heteroatoms. The van der Waals surface area contributed by atoms with E-state index in [1.165, 1.54) is 0 Å². The molecule has 0 aromatic carbocycles. The van der Waals surface area contributed by atoms with Gasteiger partial charge in [-0.1, -0.05) is 0 Å². The summed E-state index contributed by atoms with van der Waals surface area (Å²) in [5, 5.41) is 12.6. The van der Waals surface area contributed by atoms with Crippen molar-refractivity contribution in [2.24, 2.45) is 0 Å². The molecule has 1 fully saturated rings. The number of thioether (sulfide) groups is 1. The number of hydrogen-bond donors (Lipinski definition) is 2. The van der Waals surface area contributed by atoms with Gasteiger partial charge < -0.3 is 10.4 Å². The minimum Gasteiger partial charge on any atom is -0.478 e. The minimum absolute atomic E-state index is 0.299. The van der Waals surface area contributed by atoms with E-state index in [2.05, 4.69) is 10.3 Å². The molecule has 1 aromatic rings. The number of hydrogen-bond acceptors (Lipinski definition) is 4. The molecule has 0 amide bonds. The number of nitrogens with zero attached hydrogens (tertiary/aromatic N) is 1. The average Bonchev–Trinajstić information content (AvgIpc) is 2.68. The summed E-state index contributed by atoms with van der Waals surface area (Å²) in [6, 6.07) is 2.19. The molecule has 1 aromatic heterocycles. The zero-order valence-electron chi connectivity index (χ0n) is 9.99. The van der Waals surface area contributed by atoms with Gasteiger partial charge in [-0.3, -0.25) is 4.98 Å². The third-order valence-electron chi connectivity index (χ3n) is 2.83. The molecular formula is C12H16N2O2S. The van der Waals surface area contributed by atoms with E-state index in [0.717, 1.165) is 23.6 Å². The van der Waals surface area contributed by atoms with Crippen LogP contribution in [0.2, 0.25) is 0 Å². The number of rotatable bonds is 3. The summed E-state index contributed by atoms with van der Waals surface area (Å²) in [5.41, 5.74) is 2.42. The molecule has 17 heavy (non-hydrogen) atoms. The van der Waals surface area contributed by atoms with Gasteiger partial charge in [0.25, 0.3) is 0 Å². The first-order valence-electron chi connectivity index (χ1n) is 5.63. The summed E-state index contributed by atoms with van der Waals surface area (Å²) in [5.74, 6) is 1.27. The molecule has 2 N–H and O–H groups in total. The molecule has 1 atom stereocenters. The van der Waals surface area contributed by atoms with Crippen LogP contribution in [0, 0.1) is 13.8 Å². The SMILES string of the molecule is Cc1cc(NC2CCSC2)c(C(=O)O)c(C)n1. The number of anilines is 1. The highest BCUT2D eigenvalue weighted by atomic mass is 32.2. The van der Waals surface area contributed by atoms with Gasteiger partial charge in [0, 0.05) is 17.5 Å². The van der Waals surface area contributed by atoms with Crippen molar-refractivity contribution in [1.29, 1.82) is 0 Å². The molecule has 92 valence electrons. The first kappa shape index (κ1) is 12.2. The lowest BCUT2D eigenvalue weighted by molar-refractivity contribution is 0.0696. The van der Waals surface area contributed by atoms with Crippen molar-refractivity contribution in [3.63, 3.8) is 0 Å². The van der Waals surface area contributed by atoms with Gasteiger partial charge in [0.1, 0.15) is 5.56 Å². The fraction of sp³-hybridized carbons (Fsp3) is 0.500. The summed E-state index contributed by atoms with van der Waals surface area (Å²) >= 11 is 1.90. The smallest absolute Gasteiger partial charge is 0.339 e. The minimum atomic E-state index is -0.914. The topological polar surface area (TPSA) is 62.2 Å². The van der Waals surface area contributed by atoms with Crippen LogP contribution in [0.15, 0.2) is 6.07 Å². The van der Waals surface area contributed by atoms with Crippen molar-refractivity contribution in [3.8, 4) is 0 Å². The second-order valence-corrected chi connectivity index (χ2v) is 5.43. The maximum atomic E-state index is 11.2. The third-order valence-corrected chi connectivity index (χ3v) is 3.99. The highest BCUT2D eigenvalue weighted by Crippen LogP contribution is 2.25. The van der Waals surface area contributed by atoms with Gasteiger partial charge in [-0.15, -0.1) is 0 Å². The van der Waals surface area contributed by atoms with Gasteiger partial charge in [0.2, 0.25) is 0 Å². The predicted molar refractivity (Wildman–Crippen MR) is 70.0 cm³/mol. The van der Waals surface area contributed by atoms with Crippen molar-refractivity contribution in [1.82, 2.24) is 4.98 Å². The Kier molecular flexibility index (Phi) is 3.57. The van der Waals surface area contributed by atoms with Gasteiger partial charge >= 0.3 is 5.97 Å². The number of carbonyl (C=O) groups is 1. The number of nitrogens with one attached hydrogen (secondary N) is 1. The zero-order valence-corrected chi connectivity index (χ0v) is 10.8. The molecule has 0 bridgehead atoms.